The molecule has 1 aliphatic carbocycles. The molecule has 1 aliphatic rings. The molecule has 2 heteroatoms. The molecule has 1 nitrogen and oxygen atoms in total. The number of halogens is 1. The predicted molar refractivity (Wildman–Crippen MR) is 63.2 cm³/mol. The highest BCUT2D eigenvalue weighted by Crippen LogP contribution is 2.38. The summed E-state index contributed by atoms with van der Waals surface area (Å²) < 4.78 is 13.5. The molecular formula is C14H19FO. The first-order valence-electron chi connectivity index (χ1n) is 5.86. The molecule has 0 unspecified atom stereocenters. The van der Waals surface area contributed by atoms with Gasteiger partial charge in [-0.3, -0.25) is 0 Å². The lowest BCUT2D eigenvalue weighted by Crippen LogP contribution is -2.16. The van der Waals surface area contributed by atoms with Crippen LogP contribution < -0.4 is 0 Å². The van der Waals surface area contributed by atoms with Gasteiger partial charge in [-0.15, -0.1) is 0 Å². The summed E-state index contributed by atoms with van der Waals surface area (Å²) in [7, 11) is 0. The zero-order valence-electron chi connectivity index (χ0n) is 9.96. The molecule has 1 aromatic rings. The van der Waals surface area contributed by atoms with Gasteiger partial charge in [-0.1, -0.05) is 24.3 Å². The van der Waals surface area contributed by atoms with Gasteiger partial charge in [0.15, 0.2) is 0 Å². The first-order valence-corrected chi connectivity index (χ1v) is 5.86. The fraction of sp³-hybridized carbons (Fsp3) is 0.571. The third kappa shape index (κ3) is 3.31. The molecule has 16 heavy (non-hydrogen) atoms. The first kappa shape index (κ1) is 11.6. The summed E-state index contributed by atoms with van der Waals surface area (Å²) in [5, 5.41) is 9.83. The summed E-state index contributed by atoms with van der Waals surface area (Å²) in [6, 6.07) is 7.91. The number of benzene rings is 1. The highest BCUT2D eigenvalue weighted by Gasteiger charge is 2.40. The quantitative estimate of drug-likeness (QED) is 0.830. The van der Waals surface area contributed by atoms with Gasteiger partial charge in [0.25, 0.3) is 0 Å². The van der Waals surface area contributed by atoms with Crippen molar-refractivity contribution < 1.29 is 9.50 Å². The van der Waals surface area contributed by atoms with Gasteiger partial charge in [-0.25, -0.2) is 4.39 Å². The lowest BCUT2D eigenvalue weighted by Gasteiger charge is -2.15. The Labute approximate surface area is 96.3 Å². The highest BCUT2D eigenvalue weighted by atomic mass is 19.1. The Morgan fingerprint density at radius 2 is 1.94 bits per heavy atom. The van der Waals surface area contributed by atoms with E-state index in [4.69, 9.17) is 0 Å². The lowest BCUT2D eigenvalue weighted by atomic mass is 9.97. The second-order valence-electron chi connectivity index (χ2n) is 5.62. The average molecular weight is 222 g/mol. The van der Waals surface area contributed by atoms with Crippen LogP contribution in [-0.2, 0) is 12.8 Å². The summed E-state index contributed by atoms with van der Waals surface area (Å²) >= 11 is 0. The monoisotopic (exact) mass is 222 g/mol. The van der Waals surface area contributed by atoms with Crippen molar-refractivity contribution in [1.29, 1.82) is 0 Å². The zero-order valence-corrected chi connectivity index (χ0v) is 9.96. The second kappa shape index (κ2) is 3.85. The van der Waals surface area contributed by atoms with Crippen LogP contribution in [0.15, 0.2) is 24.3 Å². The van der Waals surface area contributed by atoms with Crippen LogP contribution in [0.4, 0.5) is 4.39 Å². The van der Waals surface area contributed by atoms with Crippen LogP contribution in [0.1, 0.15) is 37.8 Å². The summed E-state index contributed by atoms with van der Waals surface area (Å²) in [6.07, 6.45) is 2.92. The third-order valence-corrected chi connectivity index (χ3v) is 2.98. The molecular weight excluding hydrogens is 203 g/mol. The van der Waals surface area contributed by atoms with E-state index >= 15 is 0 Å². The van der Waals surface area contributed by atoms with Crippen molar-refractivity contribution in [2.75, 3.05) is 0 Å². The molecule has 1 saturated carbocycles. The topological polar surface area (TPSA) is 20.2 Å². The Hall–Kier alpha value is -0.890. The van der Waals surface area contributed by atoms with E-state index in [1.165, 1.54) is 0 Å². The van der Waals surface area contributed by atoms with Crippen LogP contribution in [-0.4, -0.2) is 16.4 Å². The van der Waals surface area contributed by atoms with Crippen molar-refractivity contribution in [3.8, 4) is 0 Å². The molecule has 0 aromatic heterocycles. The maximum atomic E-state index is 13.5. The minimum atomic E-state index is -1.17. The molecule has 2 rings (SSSR count). The maximum absolute atomic E-state index is 13.5. The molecule has 1 aromatic carbocycles. The fourth-order valence-corrected chi connectivity index (χ4v) is 2.04. The maximum Gasteiger partial charge on any atom is 0.109 e. The minimum absolute atomic E-state index is 0.430. The Balaban J connectivity index is 2.07. The van der Waals surface area contributed by atoms with E-state index in [0.29, 0.717) is 12.8 Å². The molecule has 1 N–H and O–H groups in total. The van der Waals surface area contributed by atoms with Crippen molar-refractivity contribution in [2.45, 2.75) is 50.8 Å². The van der Waals surface area contributed by atoms with Crippen molar-refractivity contribution in [1.82, 2.24) is 0 Å². The minimum Gasteiger partial charge on any atom is -0.390 e. The number of rotatable bonds is 4. The Bertz CT molecular complexity index is 352. The van der Waals surface area contributed by atoms with Gasteiger partial charge < -0.3 is 5.11 Å². The summed E-state index contributed by atoms with van der Waals surface area (Å²) in [4.78, 5) is 0. The zero-order chi connectivity index (χ0) is 11.8. The number of alkyl halides is 1. The van der Waals surface area contributed by atoms with E-state index in [-0.39, 0.29) is 0 Å². The van der Waals surface area contributed by atoms with Gasteiger partial charge in [-0.2, -0.15) is 0 Å². The van der Waals surface area contributed by atoms with E-state index < -0.39 is 11.3 Å². The largest absolute Gasteiger partial charge is 0.390 e. The standard InChI is InChI=1S/C14H19FO/c1-13(2,15)9-11-4-3-5-12(8-11)10-14(16)6-7-14/h3-5,8,16H,6-7,9-10H2,1-2H3. The number of hydrogen-bond donors (Lipinski definition) is 1. The molecule has 0 bridgehead atoms. The summed E-state index contributed by atoms with van der Waals surface area (Å²) in [6.45, 7) is 3.18. The van der Waals surface area contributed by atoms with Crippen molar-refractivity contribution in [3.05, 3.63) is 35.4 Å². The predicted octanol–water partition coefficient (Wildman–Crippen LogP) is 3.04. The summed E-state index contributed by atoms with van der Waals surface area (Å²) in [5.41, 5.74) is 0.481. The second-order valence-corrected chi connectivity index (χ2v) is 5.62. The Morgan fingerprint density at radius 1 is 1.31 bits per heavy atom. The van der Waals surface area contributed by atoms with Crippen LogP contribution in [0.2, 0.25) is 0 Å². The fourth-order valence-electron chi connectivity index (χ4n) is 2.04. The number of hydrogen-bond acceptors (Lipinski definition) is 1. The van der Waals surface area contributed by atoms with E-state index in [1.807, 2.05) is 24.3 Å². The van der Waals surface area contributed by atoms with E-state index in [0.717, 1.165) is 24.0 Å². The van der Waals surface area contributed by atoms with Gasteiger partial charge in [-0.05, 0) is 37.8 Å². The number of aliphatic hydroxyl groups is 1. The average Bonchev–Trinajstić information content (AvgIpc) is 2.80. The molecule has 0 spiro atoms. The van der Waals surface area contributed by atoms with Gasteiger partial charge in [0.05, 0.1) is 5.60 Å². The van der Waals surface area contributed by atoms with Gasteiger partial charge >= 0.3 is 0 Å². The molecule has 0 radical (unpaired) electrons. The Morgan fingerprint density at radius 3 is 2.50 bits per heavy atom. The Kier molecular flexibility index (Phi) is 2.79. The van der Waals surface area contributed by atoms with E-state index in [9.17, 15) is 9.50 Å². The molecule has 0 atom stereocenters. The third-order valence-electron chi connectivity index (χ3n) is 2.98. The lowest BCUT2D eigenvalue weighted by molar-refractivity contribution is 0.151. The van der Waals surface area contributed by atoms with Crippen LogP contribution in [0, 0.1) is 0 Å². The molecule has 0 saturated heterocycles. The highest BCUT2D eigenvalue weighted by molar-refractivity contribution is 5.27. The smallest absolute Gasteiger partial charge is 0.109 e. The SMILES string of the molecule is CC(C)(F)Cc1cccc(CC2(O)CC2)c1. The van der Waals surface area contributed by atoms with Crippen LogP contribution >= 0.6 is 0 Å². The summed E-state index contributed by atoms with van der Waals surface area (Å²) in [5.74, 6) is 0. The van der Waals surface area contributed by atoms with Crippen molar-refractivity contribution in [3.63, 3.8) is 0 Å². The molecule has 88 valence electrons. The van der Waals surface area contributed by atoms with Crippen LogP contribution in [0.5, 0.6) is 0 Å². The first-order chi connectivity index (χ1) is 7.36. The molecule has 0 aliphatic heterocycles. The van der Waals surface area contributed by atoms with Crippen molar-refractivity contribution in [2.24, 2.45) is 0 Å². The molecule has 1 fully saturated rings. The van der Waals surface area contributed by atoms with Crippen LogP contribution in [0.3, 0.4) is 0 Å². The van der Waals surface area contributed by atoms with Gasteiger partial charge in [0.1, 0.15) is 5.67 Å². The van der Waals surface area contributed by atoms with Gasteiger partial charge in [0, 0.05) is 12.8 Å². The van der Waals surface area contributed by atoms with Crippen LogP contribution in [0.25, 0.3) is 0 Å². The van der Waals surface area contributed by atoms with Crippen molar-refractivity contribution >= 4 is 0 Å². The molecule has 0 amide bonds. The van der Waals surface area contributed by atoms with E-state index in [1.54, 1.807) is 13.8 Å². The normalized spacial score (nSPS) is 18.5. The van der Waals surface area contributed by atoms with Gasteiger partial charge in [0.2, 0.25) is 0 Å². The molecule has 0 heterocycles. The van der Waals surface area contributed by atoms with E-state index in [2.05, 4.69) is 0 Å².